The molecular weight excluding hydrogens is 324 g/mol. The first-order valence-corrected chi connectivity index (χ1v) is 7.43. The van der Waals surface area contributed by atoms with Crippen LogP contribution in [0.2, 0.25) is 0 Å². The highest BCUT2D eigenvalue weighted by Gasteiger charge is 2.07. The summed E-state index contributed by atoms with van der Waals surface area (Å²) >= 11 is 5.09. The Labute approximate surface area is 124 Å². The number of aliphatic hydroxyl groups is 1. The van der Waals surface area contributed by atoms with Crippen LogP contribution in [0.25, 0.3) is 0 Å². The van der Waals surface area contributed by atoms with E-state index in [-0.39, 0.29) is 0 Å². The molecule has 1 aromatic carbocycles. The van der Waals surface area contributed by atoms with Crippen molar-refractivity contribution in [3.05, 3.63) is 56.2 Å². The molecular formula is C14H13BrN2OS. The summed E-state index contributed by atoms with van der Waals surface area (Å²) in [6, 6.07) is 13.1. The van der Waals surface area contributed by atoms with Gasteiger partial charge < -0.3 is 10.4 Å². The van der Waals surface area contributed by atoms with Crippen molar-refractivity contribution in [2.24, 2.45) is 0 Å². The summed E-state index contributed by atoms with van der Waals surface area (Å²) in [4.78, 5) is 1.22. The van der Waals surface area contributed by atoms with Crippen molar-refractivity contribution >= 4 is 27.3 Å². The third-order valence-corrected chi connectivity index (χ3v) is 4.31. The van der Waals surface area contributed by atoms with Gasteiger partial charge in [0.25, 0.3) is 0 Å². The Morgan fingerprint density at radius 1 is 1.26 bits per heavy atom. The number of aliphatic hydroxyl groups excluding tert-OH is 1. The van der Waals surface area contributed by atoms with Gasteiger partial charge in [-0.2, -0.15) is 5.26 Å². The van der Waals surface area contributed by atoms with E-state index in [1.54, 1.807) is 35.6 Å². The van der Waals surface area contributed by atoms with E-state index in [1.807, 2.05) is 6.07 Å². The third kappa shape index (κ3) is 4.15. The van der Waals surface area contributed by atoms with Crippen molar-refractivity contribution in [3.8, 4) is 6.07 Å². The summed E-state index contributed by atoms with van der Waals surface area (Å²) in [5, 5.41) is 21.9. The fourth-order valence-electron chi connectivity index (χ4n) is 1.68. The maximum absolute atomic E-state index is 10.0. The molecule has 1 unspecified atom stereocenters. The Morgan fingerprint density at radius 3 is 2.58 bits per heavy atom. The Balaban J connectivity index is 1.83. The molecule has 1 heterocycles. The van der Waals surface area contributed by atoms with Crippen LogP contribution in [-0.2, 0) is 6.54 Å². The highest BCUT2D eigenvalue weighted by Crippen LogP contribution is 2.22. The summed E-state index contributed by atoms with van der Waals surface area (Å²) in [5.41, 5.74) is 1.42. The maximum atomic E-state index is 10.0. The number of halogens is 1. The second-order valence-corrected chi connectivity index (χ2v) is 6.63. The minimum atomic E-state index is -0.559. The van der Waals surface area contributed by atoms with Crippen LogP contribution in [0.15, 0.2) is 40.2 Å². The molecule has 0 saturated heterocycles. The molecule has 0 fully saturated rings. The predicted molar refractivity (Wildman–Crippen MR) is 79.8 cm³/mol. The molecule has 0 bridgehead atoms. The van der Waals surface area contributed by atoms with Gasteiger partial charge in [-0.05, 0) is 45.8 Å². The molecule has 0 saturated carbocycles. The number of hydrogen-bond donors (Lipinski definition) is 2. The van der Waals surface area contributed by atoms with Crippen molar-refractivity contribution in [1.29, 1.82) is 5.26 Å². The second-order valence-electron chi connectivity index (χ2n) is 4.09. The van der Waals surface area contributed by atoms with E-state index >= 15 is 0 Å². The summed E-state index contributed by atoms with van der Waals surface area (Å²) in [6.07, 6.45) is -0.559. The Hall–Kier alpha value is -1.19. The molecule has 2 N–H and O–H groups in total. The number of nitrogens with one attached hydrogen (secondary N) is 1. The van der Waals surface area contributed by atoms with Crippen molar-refractivity contribution in [2.75, 3.05) is 6.54 Å². The lowest BCUT2D eigenvalue weighted by Gasteiger charge is -2.11. The molecule has 2 aromatic rings. The van der Waals surface area contributed by atoms with E-state index in [1.165, 1.54) is 4.88 Å². The van der Waals surface area contributed by atoms with Gasteiger partial charge in [-0.15, -0.1) is 11.3 Å². The lowest BCUT2D eigenvalue weighted by atomic mass is 10.1. The highest BCUT2D eigenvalue weighted by molar-refractivity contribution is 9.11. The molecule has 0 radical (unpaired) electrons. The SMILES string of the molecule is N#Cc1ccc(C(O)CNCc2ccc(Br)s2)cc1. The second kappa shape index (κ2) is 6.83. The first-order chi connectivity index (χ1) is 9.19. The minimum absolute atomic E-state index is 0.488. The first-order valence-electron chi connectivity index (χ1n) is 5.82. The molecule has 0 aliphatic carbocycles. The summed E-state index contributed by atoms with van der Waals surface area (Å²) in [7, 11) is 0. The van der Waals surface area contributed by atoms with Crippen molar-refractivity contribution in [1.82, 2.24) is 5.32 Å². The van der Waals surface area contributed by atoms with Crippen molar-refractivity contribution < 1.29 is 5.11 Å². The van der Waals surface area contributed by atoms with Gasteiger partial charge in [-0.25, -0.2) is 0 Å². The zero-order valence-corrected chi connectivity index (χ0v) is 12.5. The van der Waals surface area contributed by atoms with Gasteiger partial charge in [-0.3, -0.25) is 0 Å². The van der Waals surface area contributed by atoms with Gasteiger partial charge in [-0.1, -0.05) is 12.1 Å². The predicted octanol–water partition coefficient (Wildman–Crippen LogP) is 3.21. The van der Waals surface area contributed by atoms with Crippen LogP contribution in [0.1, 0.15) is 22.1 Å². The molecule has 0 spiro atoms. The lowest BCUT2D eigenvalue weighted by molar-refractivity contribution is 0.174. The zero-order chi connectivity index (χ0) is 13.7. The van der Waals surface area contributed by atoms with E-state index in [4.69, 9.17) is 5.26 Å². The molecule has 98 valence electrons. The fourth-order valence-corrected chi connectivity index (χ4v) is 3.13. The molecule has 2 rings (SSSR count). The monoisotopic (exact) mass is 336 g/mol. The average molecular weight is 337 g/mol. The number of benzene rings is 1. The molecule has 0 amide bonds. The molecule has 0 aliphatic rings. The number of nitriles is 1. The number of thiophene rings is 1. The van der Waals surface area contributed by atoms with Crippen LogP contribution < -0.4 is 5.32 Å². The van der Waals surface area contributed by atoms with E-state index in [0.717, 1.165) is 15.9 Å². The highest BCUT2D eigenvalue weighted by atomic mass is 79.9. The Bertz CT molecular complexity index is 574. The van der Waals surface area contributed by atoms with Crippen LogP contribution in [-0.4, -0.2) is 11.7 Å². The standard InChI is InChI=1S/C14H13BrN2OS/c15-14-6-5-12(19-14)8-17-9-13(18)11-3-1-10(7-16)2-4-11/h1-6,13,17-18H,8-9H2. The Morgan fingerprint density at radius 2 is 2.00 bits per heavy atom. The van der Waals surface area contributed by atoms with Gasteiger partial charge in [0.15, 0.2) is 0 Å². The number of hydrogen-bond acceptors (Lipinski definition) is 4. The average Bonchev–Trinajstić information content (AvgIpc) is 2.84. The molecule has 5 heteroatoms. The third-order valence-electron chi connectivity index (χ3n) is 2.69. The van der Waals surface area contributed by atoms with Crippen LogP contribution >= 0.6 is 27.3 Å². The quantitative estimate of drug-likeness (QED) is 0.881. The maximum Gasteiger partial charge on any atom is 0.0991 e. The molecule has 1 atom stereocenters. The van der Waals surface area contributed by atoms with Gasteiger partial charge >= 0.3 is 0 Å². The van der Waals surface area contributed by atoms with Crippen LogP contribution in [0.4, 0.5) is 0 Å². The van der Waals surface area contributed by atoms with E-state index in [9.17, 15) is 5.11 Å². The van der Waals surface area contributed by atoms with Gasteiger partial charge in [0.2, 0.25) is 0 Å². The van der Waals surface area contributed by atoms with E-state index in [0.29, 0.717) is 12.1 Å². The molecule has 19 heavy (non-hydrogen) atoms. The summed E-state index contributed by atoms with van der Waals surface area (Å²) in [6.45, 7) is 1.23. The lowest BCUT2D eigenvalue weighted by Crippen LogP contribution is -2.20. The van der Waals surface area contributed by atoms with Crippen molar-refractivity contribution in [3.63, 3.8) is 0 Å². The van der Waals surface area contributed by atoms with Crippen molar-refractivity contribution in [2.45, 2.75) is 12.6 Å². The molecule has 3 nitrogen and oxygen atoms in total. The molecule has 0 aliphatic heterocycles. The normalized spacial score (nSPS) is 12.1. The summed E-state index contributed by atoms with van der Waals surface area (Å²) < 4.78 is 1.11. The topological polar surface area (TPSA) is 56.0 Å². The first kappa shape index (κ1) is 14.2. The number of nitrogens with zero attached hydrogens (tertiary/aromatic N) is 1. The van der Waals surface area contributed by atoms with Gasteiger partial charge in [0, 0.05) is 18.0 Å². The van der Waals surface area contributed by atoms with Crippen LogP contribution in [0.5, 0.6) is 0 Å². The van der Waals surface area contributed by atoms with Crippen LogP contribution in [0.3, 0.4) is 0 Å². The van der Waals surface area contributed by atoms with Gasteiger partial charge in [0.1, 0.15) is 0 Å². The van der Waals surface area contributed by atoms with Crippen LogP contribution in [0, 0.1) is 11.3 Å². The minimum Gasteiger partial charge on any atom is -0.387 e. The smallest absolute Gasteiger partial charge is 0.0991 e. The fraction of sp³-hybridized carbons (Fsp3) is 0.214. The Kier molecular flexibility index (Phi) is 5.11. The zero-order valence-electron chi connectivity index (χ0n) is 10.1. The summed E-state index contributed by atoms with van der Waals surface area (Å²) in [5.74, 6) is 0. The molecule has 1 aromatic heterocycles. The van der Waals surface area contributed by atoms with E-state index < -0.39 is 6.10 Å². The number of rotatable bonds is 5. The van der Waals surface area contributed by atoms with E-state index in [2.05, 4.69) is 33.4 Å². The van der Waals surface area contributed by atoms with Gasteiger partial charge in [0.05, 0.1) is 21.5 Å². The largest absolute Gasteiger partial charge is 0.387 e.